The molecule has 2 nitrogen and oxygen atoms in total. The molecule has 0 amide bonds. The predicted octanol–water partition coefficient (Wildman–Crippen LogP) is 2.41. The fourth-order valence-corrected chi connectivity index (χ4v) is 3.09. The van der Waals surface area contributed by atoms with E-state index in [2.05, 4.69) is 11.8 Å². The van der Waals surface area contributed by atoms with Crippen LogP contribution in [0.25, 0.3) is 0 Å². The molecule has 2 aliphatic rings. The van der Waals surface area contributed by atoms with Gasteiger partial charge < -0.3 is 10.0 Å². The first kappa shape index (κ1) is 11.4. The summed E-state index contributed by atoms with van der Waals surface area (Å²) in [6.07, 6.45) is 8.50. The normalized spacial score (nSPS) is 32.8. The Morgan fingerprint density at radius 2 is 1.87 bits per heavy atom. The van der Waals surface area contributed by atoms with Gasteiger partial charge in [-0.25, -0.2) is 0 Å². The van der Waals surface area contributed by atoms with Crippen molar-refractivity contribution in [3.8, 4) is 0 Å². The van der Waals surface area contributed by atoms with Gasteiger partial charge in [-0.15, -0.1) is 0 Å². The Bertz CT molecular complexity index is 199. The first-order valence-electron chi connectivity index (χ1n) is 6.63. The van der Waals surface area contributed by atoms with E-state index in [1.54, 1.807) is 0 Å². The van der Waals surface area contributed by atoms with Crippen LogP contribution in [0.5, 0.6) is 0 Å². The summed E-state index contributed by atoms with van der Waals surface area (Å²) < 4.78 is 0. The van der Waals surface area contributed by atoms with Gasteiger partial charge in [-0.2, -0.15) is 0 Å². The van der Waals surface area contributed by atoms with Crippen LogP contribution >= 0.6 is 0 Å². The van der Waals surface area contributed by atoms with E-state index in [0.717, 1.165) is 25.3 Å². The molecular formula is C13H25NO. The van der Waals surface area contributed by atoms with Crippen molar-refractivity contribution in [1.29, 1.82) is 0 Å². The molecule has 1 aliphatic heterocycles. The standard InChI is InChI=1S/C13H25NO/c1-12-5-4-9-14(10-6-12)11-13(15)7-2-3-8-13/h12,15H,2-11H2,1H3. The lowest BCUT2D eigenvalue weighted by Crippen LogP contribution is -2.41. The summed E-state index contributed by atoms with van der Waals surface area (Å²) in [5.74, 6) is 0.883. The molecule has 1 saturated carbocycles. The summed E-state index contributed by atoms with van der Waals surface area (Å²) in [7, 11) is 0. The van der Waals surface area contributed by atoms with E-state index < -0.39 is 0 Å². The second-order valence-electron chi connectivity index (χ2n) is 5.74. The molecule has 0 aromatic carbocycles. The first-order valence-corrected chi connectivity index (χ1v) is 6.63. The van der Waals surface area contributed by atoms with Gasteiger partial charge in [0.15, 0.2) is 0 Å². The third kappa shape index (κ3) is 3.18. The second kappa shape index (κ2) is 4.84. The molecule has 1 aliphatic carbocycles. The molecule has 2 fully saturated rings. The quantitative estimate of drug-likeness (QED) is 0.758. The SMILES string of the molecule is CC1CCCN(CC2(O)CCCC2)CC1. The van der Waals surface area contributed by atoms with E-state index in [1.807, 2.05) is 0 Å². The molecule has 0 aromatic heterocycles. The minimum absolute atomic E-state index is 0.340. The van der Waals surface area contributed by atoms with Crippen LogP contribution in [0, 0.1) is 5.92 Å². The van der Waals surface area contributed by atoms with Crippen molar-refractivity contribution in [2.75, 3.05) is 19.6 Å². The Morgan fingerprint density at radius 3 is 2.60 bits per heavy atom. The monoisotopic (exact) mass is 211 g/mol. The highest BCUT2D eigenvalue weighted by molar-refractivity contribution is 4.87. The lowest BCUT2D eigenvalue weighted by Gasteiger charge is -2.30. The smallest absolute Gasteiger partial charge is 0.0774 e. The lowest BCUT2D eigenvalue weighted by atomic mass is 10.0. The highest BCUT2D eigenvalue weighted by atomic mass is 16.3. The molecule has 2 rings (SSSR count). The topological polar surface area (TPSA) is 23.5 Å². The number of hydrogen-bond acceptors (Lipinski definition) is 2. The number of aliphatic hydroxyl groups is 1. The van der Waals surface area contributed by atoms with Crippen LogP contribution in [0.4, 0.5) is 0 Å². The lowest BCUT2D eigenvalue weighted by molar-refractivity contribution is 0.0101. The summed E-state index contributed by atoms with van der Waals surface area (Å²) in [6.45, 7) is 5.68. The van der Waals surface area contributed by atoms with Crippen molar-refractivity contribution < 1.29 is 5.11 Å². The third-order valence-corrected chi connectivity index (χ3v) is 4.16. The van der Waals surface area contributed by atoms with Gasteiger partial charge in [-0.05, 0) is 51.1 Å². The Kier molecular flexibility index (Phi) is 3.68. The van der Waals surface area contributed by atoms with E-state index in [9.17, 15) is 5.11 Å². The second-order valence-corrected chi connectivity index (χ2v) is 5.74. The van der Waals surface area contributed by atoms with E-state index in [1.165, 1.54) is 45.2 Å². The van der Waals surface area contributed by atoms with Gasteiger partial charge in [-0.3, -0.25) is 0 Å². The van der Waals surface area contributed by atoms with Gasteiger partial charge in [0.25, 0.3) is 0 Å². The summed E-state index contributed by atoms with van der Waals surface area (Å²) >= 11 is 0. The number of rotatable bonds is 2. The fraction of sp³-hybridized carbons (Fsp3) is 1.00. The summed E-state index contributed by atoms with van der Waals surface area (Å²) in [5.41, 5.74) is -0.340. The zero-order valence-electron chi connectivity index (χ0n) is 10.0. The van der Waals surface area contributed by atoms with Gasteiger partial charge in [0.2, 0.25) is 0 Å². The van der Waals surface area contributed by atoms with Crippen LogP contribution < -0.4 is 0 Å². The summed E-state index contributed by atoms with van der Waals surface area (Å²) in [4.78, 5) is 2.49. The zero-order chi connectivity index (χ0) is 10.7. The number of β-amino-alcohol motifs (C(OH)–C–C–N with tert-alkyl or cyclic N) is 1. The molecule has 1 heterocycles. The maximum absolute atomic E-state index is 10.4. The molecule has 1 atom stereocenters. The molecule has 15 heavy (non-hydrogen) atoms. The molecule has 1 N–H and O–H groups in total. The first-order chi connectivity index (χ1) is 7.18. The Balaban J connectivity index is 1.82. The van der Waals surface area contributed by atoms with Crippen LogP contribution in [0.1, 0.15) is 51.9 Å². The third-order valence-electron chi connectivity index (χ3n) is 4.16. The average Bonchev–Trinajstić information content (AvgIpc) is 2.51. The Morgan fingerprint density at radius 1 is 1.13 bits per heavy atom. The van der Waals surface area contributed by atoms with Crippen LogP contribution in [-0.2, 0) is 0 Å². The highest BCUT2D eigenvalue weighted by Crippen LogP contribution is 2.31. The van der Waals surface area contributed by atoms with Crippen molar-refractivity contribution in [2.24, 2.45) is 5.92 Å². The molecule has 2 heteroatoms. The minimum Gasteiger partial charge on any atom is -0.389 e. The molecule has 1 unspecified atom stereocenters. The molecule has 0 aromatic rings. The Labute approximate surface area is 93.7 Å². The number of likely N-dealkylation sites (tertiary alicyclic amines) is 1. The van der Waals surface area contributed by atoms with Gasteiger partial charge >= 0.3 is 0 Å². The predicted molar refractivity (Wildman–Crippen MR) is 62.9 cm³/mol. The van der Waals surface area contributed by atoms with Crippen molar-refractivity contribution in [3.05, 3.63) is 0 Å². The average molecular weight is 211 g/mol. The van der Waals surface area contributed by atoms with Crippen molar-refractivity contribution >= 4 is 0 Å². The molecule has 0 radical (unpaired) electrons. The maximum Gasteiger partial charge on any atom is 0.0774 e. The molecule has 0 spiro atoms. The Hall–Kier alpha value is -0.0800. The fourth-order valence-electron chi connectivity index (χ4n) is 3.09. The van der Waals surface area contributed by atoms with Gasteiger partial charge in [0.05, 0.1) is 5.60 Å². The number of nitrogens with zero attached hydrogens (tertiary/aromatic N) is 1. The van der Waals surface area contributed by atoms with Crippen LogP contribution in [0.2, 0.25) is 0 Å². The largest absolute Gasteiger partial charge is 0.389 e. The van der Waals surface area contributed by atoms with E-state index in [4.69, 9.17) is 0 Å². The van der Waals surface area contributed by atoms with Crippen LogP contribution in [-0.4, -0.2) is 35.2 Å². The molecular weight excluding hydrogens is 186 g/mol. The van der Waals surface area contributed by atoms with E-state index in [-0.39, 0.29) is 5.60 Å². The summed E-state index contributed by atoms with van der Waals surface area (Å²) in [5, 5.41) is 10.4. The number of hydrogen-bond donors (Lipinski definition) is 1. The van der Waals surface area contributed by atoms with E-state index in [0.29, 0.717) is 0 Å². The minimum atomic E-state index is -0.340. The summed E-state index contributed by atoms with van der Waals surface area (Å²) in [6, 6.07) is 0. The molecule has 0 bridgehead atoms. The van der Waals surface area contributed by atoms with Crippen molar-refractivity contribution in [3.63, 3.8) is 0 Å². The highest BCUT2D eigenvalue weighted by Gasteiger charge is 2.33. The van der Waals surface area contributed by atoms with Gasteiger partial charge in [0.1, 0.15) is 0 Å². The van der Waals surface area contributed by atoms with Crippen LogP contribution in [0.15, 0.2) is 0 Å². The molecule has 1 saturated heterocycles. The van der Waals surface area contributed by atoms with Crippen LogP contribution in [0.3, 0.4) is 0 Å². The van der Waals surface area contributed by atoms with Crippen molar-refractivity contribution in [2.45, 2.75) is 57.5 Å². The molecule has 88 valence electrons. The zero-order valence-corrected chi connectivity index (χ0v) is 10.0. The van der Waals surface area contributed by atoms with E-state index >= 15 is 0 Å². The van der Waals surface area contributed by atoms with Crippen molar-refractivity contribution in [1.82, 2.24) is 4.90 Å². The van der Waals surface area contributed by atoms with Gasteiger partial charge in [0, 0.05) is 6.54 Å². The van der Waals surface area contributed by atoms with Gasteiger partial charge in [-0.1, -0.05) is 19.8 Å². The maximum atomic E-state index is 10.4.